The molecule has 0 radical (unpaired) electrons. The third-order valence-electron chi connectivity index (χ3n) is 2.60. The summed E-state index contributed by atoms with van der Waals surface area (Å²) < 4.78 is 32.1. The van der Waals surface area contributed by atoms with Gasteiger partial charge in [0.15, 0.2) is 5.75 Å². The van der Waals surface area contributed by atoms with E-state index in [4.69, 9.17) is 15.7 Å². The minimum absolute atomic E-state index is 0.0465. The van der Waals surface area contributed by atoms with Gasteiger partial charge < -0.3 is 10.5 Å². The van der Waals surface area contributed by atoms with Crippen LogP contribution in [-0.4, -0.2) is 0 Å². The Bertz CT molecular complexity index is 675. The molecule has 0 unspecified atom stereocenters. The average molecular weight is 339 g/mol. The lowest BCUT2D eigenvalue weighted by molar-refractivity contribution is 0.304. The molecule has 102 valence electrons. The van der Waals surface area contributed by atoms with E-state index in [-0.39, 0.29) is 18.0 Å². The van der Waals surface area contributed by atoms with Crippen LogP contribution in [0.1, 0.15) is 11.1 Å². The van der Waals surface area contributed by atoms with E-state index >= 15 is 0 Å². The number of ether oxygens (including phenoxy) is 1. The van der Waals surface area contributed by atoms with Crippen molar-refractivity contribution >= 4 is 21.6 Å². The number of benzene rings is 2. The Labute approximate surface area is 122 Å². The van der Waals surface area contributed by atoms with Crippen LogP contribution < -0.4 is 10.5 Å². The van der Waals surface area contributed by atoms with E-state index in [9.17, 15) is 8.78 Å². The van der Waals surface area contributed by atoms with Crippen LogP contribution >= 0.6 is 15.9 Å². The van der Waals surface area contributed by atoms with Gasteiger partial charge in [0.25, 0.3) is 0 Å². The fraction of sp³-hybridized carbons (Fsp3) is 0.0714. The molecule has 0 saturated heterocycles. The van der Waals surface area contributed by atoms with Crippen molar-refractivity contribution in [1.29, 1.82) is 5.26 Å². The van der Waals surface area contributed by atoms with Gasteiger partial charge in [-0.15, -0.1) is 0 Å². The Balaban J connectivity index is 2.26. The molecule has 0 atom stereocenters. The minimum Gasteiger partial charge on any atom is -0.486 e. The maximum Gasteiger partial charge on any atom is 0.157 e. The van der Waals surface area contributed by atoms with Crippen LogP contribution in [0, 0.1) is 23.0 Å². The van der Waals surface area contributed by atoms with Crippen molar-refractivity contribution in [3.05, 3.63) is 57.6 Å². The molecule has 3 nitrogen and oxygen atoms in total. The summed E-state index contributed by atoms with van der Waals surface area (Å²) in [5, 5.41) is 8.94. The molecule has 0 heterocycles. The van der Waals surface area contributed by atoms with Crippen LogP contribution in [0.15, 0.2) is 34.8 Å². The maximum atomic E-state index is 13.2. The Morgan fingerprint density at radius 2 is 1.95 bits per heavy atom. The monoisotopic (exact) mass is 338 g/mol. The zero-order valence-electron chi connectivity index (χ0n) is 10.2. The second-order valence-corrected chi connectivity index (χ2v) is 4.86. The van der Waals surface area contributed by atoms with Crippen molar-refractivity contribution in [2.45, 2.75) is 6.61 Å². The Morgan fingerprint density at radius 3 is 2.60 bits per heavy atom. The molecule has 0 spiro atoms. The molecule has 0 aliphatic carbocycles. The number of hydrogen-bond acceptors (Lipinski definition) is 3. The van der Waals surface area contributed by atoms with Crippen LogP contribution in [0.25, 0.3) is 0 Å². The van der Waals surface area contributed by atoms with E-state index in [1.807, 2.05) is 6.07 Å². The van der Waals surface area contributed by atoms with Crippen LogP contribution in [-0.2, 0) is 6.61 Å². The van der Waals surface area contributed by atoms with Gasteiger partial charge in [0.05, 0.1) is 21.8 Å². The molecule has 6 heteroatoms. The number of anilines is 1. The van der Waals surface area contributed by atoms with Crippen molar-refractivity contribution in [3.63, 3.8) is 0 Å². The lowest BCUT2D eigenvalue weighted by Crippen LogP contribution is -2.02. The Morgan fingerprint density at radius 1 is 1.20 bits per heavy atom. The first-order chi connectivity index (χ1) is 9.51. The Hall–Kier alpha value is -2.13. The summed E-state index contributed by atoms with van der Waals surface area (Å²) in [5.74, 6) is -0.710. The lowest BCUT2D eigenvalue weighted by atomic mass is 10.1. The highest BCUT2D eigenvalue weighted by Crippen LogP contribution is 2.33. The summed E-state index contributed by atoms with van der Waals surface area (Å²) in [7, 11) is 0. The summed E-state index contributed by atoms with van der Waals surface area (Å²) in [6.45, 7) is -0.0465. The van der Waals surface area contributed by atoms with Crippen LogP contribution in [0.4, 0.5) is 14.5 Å². The van der Waals surface area contributed by atoms with Crippen LogP contribution in [0.2, 0.25) is 0 Å². The van der Waals surface area contributed by atoms with Gasteiger partial charge in [0.1, 0.15) is 18.2 Å². The number of nitriles is 1. The predicted octanol–water partition coefficient (Wildman–Crippen LogP) is 3.76. The summed E-state index contributed by atoms with van der Waals surface area (Å²) in [5.41, 5.74) is 6.47. The highest BCUT2D eigenvalue weighted by atomic mass is 79.9. The number of rotatable bonds is 3. The summed E-state index contributed by atoms with van der Waals surface area (Å²) in [4.78, 5) is 0. The second-order valence-electron chi connectivity index (χ2n) is 4.01. The van der Waals surface area contributed by atoms with Gasteiger partial charge in [0, 0.05) is 11.6 Å². The molecule has 0 bridgehead atoms. The first-order valence-electron chi connectivity index (χ1n) is 5.57. The number of hydrogen-bond donors (Lipinski definition) is 1. The summed E-state index contributed by atoms with van der Waals surface area (Å²) >= 11 is 3.14. The molecule has 0 aromatic heterocycles. The zero-order chi connectivity index (χ0) is 14.7. The second kappa shape index (κ2) is 5.88. The van der Waals surface area contributed by atoms with Gasteiger partial charge in [-0.1, -0.05) is 0 Å². The molecule has 2 N–H and O–H groups in total. The number of nitrogen functional groups attached to an aromatic ring is 1. The van der Waals surface area contributed by atoms with E-state index in [2.05, 4.69) is 15.9 Å². The first-order valence-corrected chi connectivity index (χ1v) is 6.36. The fourth-order valence-corrected chi connectivity index (χ4v) is 2.24. The van der Waals surface area contributed by atoms with E-state index in [1.165, 1.54) is 24.3 Å². The molecule has 20 heavy (non-hydrogen) atoms. The van der Waals surface area contributed by atoms with E-state index in [1.54, 1.807) is 0 Å². The smallest absolute Gasteiger partial charge is 0.157 e. The van der Waals surface area contributed by atoms with Gasteiger partial charge in [-0.25, -0.2) is 8.78 Å². The lowest BCUT2D eigenvalue weighted by Gasteiger charge is -2.12. The van der Waals surface area contributed by atoms with Gasteiger partial charge in [-0.2, -0.15) is 5.26 Å². The standard InChI is InChI=1S/C14H9BrF2N2O/c15-12-4-11(17)5-13(19)14(12)20-7-9-3-10(16)2-1-8(9)6-18/h1-5H,7,19H2. The first kappa shape index (κ1) is 14.3. The molecule has 2 aromatic carbocycles. The van der Waals surface area contributed by atoms with Crippen LogP contribution in [0.3, 0.4) is 0 Å². The van der Waals surface area contributed by atoms with Gasteiger partial charge >= 0.3 is 0 Å². The number of halogens is 3. The molecule has 2 aromatic rings. The van der Waals surface area contributed by atoms with Gasteiger partial charge in [-0.05, 0) is 40.2 Å². The highest BCUT2D eigenvalue weighted by molar-refractivity contribution is 9.10. The molecular formula is C14H9BrF2N2O. The SMILES string of the molecule is N#Cc1ccc(F)cc1COc1c(N)cc(F)cc1Br. The molecule has 0 fully saturated rings. The molecule has 0 aliphatic rings. The highest BCUT2D eigenvalue weighted by Gasteiger charge is 2.11. The van der Waals surface area contributed by atoms with Crippen LogP contribution in [0.5, 0.6) is 5.75 Å². The third-order valence-corrected chi connectivity index (χ3v) is 3.19. The zero-order valence-corrected chi connectivity index (χ0v) is 11.7. The van der Waals surface area contributed by atoms with Crippen molar-refractivity contribution in [2.24, 2.45) is 0 Å². The van der Waals surface area contributed by atoms with Crippen molar-refractivity contribution in [1.82, 2.24) is 0 Å². The molecule has 2 rings (SSSR count). The van der Waals surface area contributed by atoms with E-state index in [0.717, 1.165) is 6.07 Å². The molecular weight excluding hydrogens is 330 g/mol. The van der Waals surface area contributed by atoms with Gasteiger partial charge in [0.2, 0.25) is 0 Å². The number of nitrogens with zero attached hydrogens (tertiary/aromatic N) is 1. The summed E-state index contributed by atoms with van der Waals surface area (Å²) in [6, 6.07) is 8.07. The fourth-order valence-electron chi connectivity index (χ4n) is 1.67. The minimum atomic E-state index is -0.495. The molecule has 0 amide bonds. The van der Waals surface area contributed by atoms with Crippen molar-refractivity contribution in [2.75, 3.05) is 5.73 Å². The predicted molar refractivity (Wildman–Crippen MR) is 74.0 cm³/mol. The van der Waals surface area contributed by atoms with Crippen molar-refractivity contribution < 1.29 is 13.5 Å². The quantitative estimate of drug-likeness (QED) is 0.867. The largest absolute Gasteiger partial charge is 0.486 e. The maximum absolute atomic E-state index is 13.2. The third kappa shape index (κ3) is 3.06. The normalized spacial score (nSPS) is 10.1. The Kier molecular flexibility index (Phi) is 4.20. The summed E-state index contributed by atoms with van der Waals surface area (Å²) in [6.07, 6.45) is 0. The topological polar surface area (TPSA) is 59.0 Å². The van der Waals surface area contributed by atoms with Gasteiger partial charge in [-0.3, -0.25) is 0 Å². The molecule has 0 saturated carbocycles. The van der Waals surface area contributed by atoms with Crippen molar-refractivity contribution in [3.8, 4) is 11.8 Å². The van der Waals surface area contributed by atoms with E-state index < -0.39 is 11.6 Å². The molecule has 0 aliphatic heterocycles. The van der Waals surface area contributed by atoms with E-state index in [0.29, 0.717) is 15.6 Å². The number of nitrogens with two attached hydrogens (primary N) is 1. The average Bonchev–Trinajstić information content (AvgIpc) is 2.37.